The number of hydrogen-bond acceptors (Lipinski definition) is 2. The Kier molecular flexibility index (Phi) is 5.22. The lowest BCUT2D eigenvalue weighted by Gasteiger charge is -2.33. The summed E-state index contributed by atoms with van der Waals surface area (Å²) < 4.78 is 1.16. The molecule has 1 fully saturated rings. The van der Waals surface area contributed by atoms with Gasteiger partial charge in [0, 0.05) is 23.1 Å². The van der Waals surface area contributed by atoms with Gasteiger partial charge in [0.2, 0.25) is 0 Å². The largest absolute Gasteiger partial charge is 0.309 e. The van der Waals surface area contributed by atoms with Crippen molar-refractivity contribution in [3.63, 3.8) is 0 Å². The first-order valence-corrected chi connectivity index (χ1v) is 7.65. The van der Waals surface area contributed by atoms with Crippen LogP contribution in [0.15, 0.2) is 28.7 Å². The van der Waals surface area contributed by atoms with E-state index in [9.17, 15) is 0 Å². The highest BCUT2D eigenvalue weighted by atomic mass is 79.9. The quantitative estimate of drug-likeness (QED) is 0.914. The predicted octanol–water partition coefficient (Wildman–Crippen LogP) is 3.58. The molecule has 18 heavy (non-hydrogen) atoms. The molecule has 2 nitrogen and oxygen atoms in total. The van der Waals surface area contributed by atoms with E-state index >= 15 is 0 Å². The van der Waals surface area contributed by atoms with Gasteiger partial charge in [0.05, 0.1) is 0 Å². The van der Waals surface area contributed by atoms with Crippen LogP contribution in [0.3, 0.4) is 0 Å². The SMILES string of the molecule is C[C@@H](NCC1CCCCN1C)c1cccc(Br)c1. The van der Waals surface area contributed by atoms with Crippen LogP contribution in [0, 0.1) is 0 Å². The number of piperidine rings is 1. The van der Waals surface area contributed by atoms with Crippen molar-refractivity contribution in [2.75, 3.05) is 20.1 Å². The van der Waals surface area contributed by atoms with Crippen LogP contribution in [0.25, 0.3) is 0 Å². The number of nitrogens with one attached hydrogen (secondary N) is 1. The van der Waals surface area contributed by atoms with Gasteiger partial charge in [-0.25, -0.2) is 0 Å². The second kappa shape index (κ2) is 6.69. The average molecular weight is 311 g/mol. The Labute approximate surface area is 119 Å². The average Bonchev–Trinajstić information content (AvgIpc) is 2.37. The zero-order valence-corrected chi connectivity index (χ0v) is 12.9. The van der Waals surface area contributed by atoms with Gasteiger partial charge in [-0.1, -0.05) is 34.5 Å². The molecule has 1 N–H and O–H groups in total. The summed E-state index contributed by atoms with van der Waals surface area (Å²) in [4.78, 5) is 2.49. The molecule has 2 rings (SSSR count). The molecule has 0 radical (unpaired) electrons. The van der Waals surface area contributed by atoms with Gasteiger partial charge in [0.25, 0.3) is 0 Å². The third kappa shape index (κ3) is 3.81. The maximum Gasteiger partial charge on any atom is 0.0292 e. The van der Waals surface area contributed by atoms with Gasteiger partial charge in [-0.2, -0.15) is 0 Å². The minimum Gasteiger partial charge on any atom is -0.309 e. The van der Waals surface area contributed by atoms with E-state index in [-0.39, 0.29) is 0 Å². The summed E-state index contributed by atoms with van der Waals surface area (Å²) in [5.74, 6) is 0. The van der Waals surface area contributed by atoms with E-state index in [1.165, 1.54) is 31.4 Å². The highest BCUT2D eigenvalue weighted by molar-refractivity contribution is 9.10. The van der Waals surface area contributed by atoms with E-state index in [0.717, 1.165) is 11.0 Å². The zero-order valence-electron chi connectivity index (χ0n) is 11.3. The van der Waals surface area contributed by atoms with E-state index < -0.39 is 0 Å². The Morgan fingerprint density at radius 3 is 3.00 bits per heavy atom. The molecule has 1 aromatic carbocycles. The van der Waals surface area contributed by atoms with Gasteiger partial charge in [0.15, 0.2) is 0 Å². The van der Waals surface area contributed by atoms with Crippen molar-refractivity contribution in [2.24, 2.45) is 0 Å². The molecule has 1 saturated heterocycles. The lowest BCUT2D eigenvalue weighted by atomic mass is 10.0. The molecule has 1 aliphatic heterocycles. The van der Waals surface area contributed by atoms with Crippen molar-refractivity contribution < 1.29 is 0 Å². The first kappa shape index (κ1) is 14.0. The summed E-state index contributed by atoms with van der Waals surface area (Å²) in [7, 11) is 2.25. The topological polar surface area (TPSA) is 15.3 Å². The van der Waals surface area contributed by atoms with Gasteiger partial charge in [-0.3, -0.25) is 0 Å². The molecular formula is C15H23BrN2. The number of nitrogens with zero attached hydrogens (tertiary/aromatic N) is 1. The normalized spacial score (nSPS) is 22.9. The number of likely N-dealkylation sites (N-methyl/N-ethyl adjacent to an activating group) is 1. The van der Waals surface area contributed by atoms with E-state index in [1.807, 2.05) is 0 Å². The number of likely N-dealkylation sites (tertiary alicyclic amines) is 1. The number of halogens is 1. The van der Waals surface area contributed by atoms with Crippen molar-refractivity contribution in [1.29, 1.82) is 0 Å². The van der Waals surface area contributed by atoms with Gasteiger partial charge in [-0.15, -0.1) is 0 Å². The second-order valence-corrected chi connectivity index (χ2v) is 6.23. The van der Waals surface area contributed by atoms with Crippen molar-refractivity contribution >= 4 is 15.9 Å². The van der Waals surface area contributed by atoms with Crippen molar-refractivity contribution in [3.8, 4) is 0 Å². The number of hydrogen-bond donors (Lipinski definition) is 1. The van der Waals surface area contributed by atoms with E-state index in [1.54, 1.807) is 0 Å². The summed E-state index contributed by atoms with van der Waals surface area (Å²) in [6.07, 6.45) is 4.06. The summed E-state index contributed by atoms with van der Waals surface area (Å²) in [6.45, 7) is 4.58. The van der Waals surface area contributed by atoms with Crippen molar-refractivity contribution in [3.05, 3.63) is 34.3 Å². The van der Waals surface area contributed by atoms with Gasteiger partial charge < -0.3 is 10.2 Å². The molecule has 0 spiro atoms. The molecule has 1 aromatic rings. The van der Waals surface area contributed by atoms with Crippen LogP contribution < -0.4 is 5.32 Å². The third-order valence-corrected chi connectivity index (χ3v) is 4.42. The minimum absolute atomic E-state index is 0.415. The number of rotatable bonds is 4. The molecule has 0 amide bonds. The Morgan fingerprint density at radius 1 is 1.44 bits per heavy atom. The predicted molar refractivity (Wildman–Crippen MR) is 80.8 cm³/mol. The smallest absolute Gasteiger partial charge is 0.0292 e. The summed E-state index contributed by atoms with van der Waals surface area (Å²) in [6, 6.07) is 9.68. The minimum atomic E-state index is 0.415. The maximum atomic E-state index is 3.66. The molecule has 1 heterocycles. The highest BCUT2D eigenvalue weighted by Gasteiger charge is 2.19. The van der Waals surface area contributed by atoms with Gasteiger partial charge in [0.1, 0.15) is 0 Å². The van der Waals surface area contributed by atoms with E-state index in [4.69, 9.17) is 0 Å². The zero-order chi connectivity index (χ0) is 13.0. The molecule has 0 aromatic heterocycles. The van der Waals surface area contributed by atoms with Gasteiger partial charge in [-0.05, 0) is 51.1 Å². The monoisotopic (exact) mass is 310 g/mol. The summed E-state index contributed by atoms with van der Waals surface area (Å²) in [5, 5.41) is 3.66. The van der Waals surface area contributed by atoms with Crippen LogP contribution in [0.1, 0.15) is 37.8 Å². The molecule has 0 aliphatic carbocycles. The Morgan fingerprint density at radius 2 is 2.28 bits per heavy atom. The molecule has 3 heteroatoms. The molecular weight excluding hydrogens is 288 g/mol. The van der Waals surface area contributed by atoms with Gasteiger partial charge >= 0.3 is 0 Å². The van der Waals surface area contributed by atoms with Crippen LogP contribution in [0.4, 0.5) is 0 Å². The van der Waals surface area contributed by atoms with E-state index in [2.05, 4.69) is 64.4 Å². The van der Waals surface area contributed by atoms with Crippen LogP contribution in [0.5, 0.6) is 0 Å². The Bertz CT molecular complexity index is 381. The summed E-state index contributed by atoms with van der Waals surface area (Å²) in [5.41, 5.74) is 1.35. The highest BCUT2D eigenvalue weighted by Crippen LogP contribution is 2.19. The van der Waals surface area contributed by atoms with Crippen LogP contribution >= 0.6 is 15.9 Å². The second-order valence-electron chi connectivity index (χ2n) is 5.32. The molecule has 0 saturated carbocycles. The third-order valence-electron chi connectivity index (χ3n) is 3.93. The van der Waals surface area contributed by atoms with Crippen LogP contribution in [-0.4, -0.2) is 31.1 Å². The van der Waals surface area contributed by atoms with Crippen LogP contribution in [-0.2, 0) is 0 Å². The van der Waals surface area contributed by atoms with E-state index in [0.29, 0.717) is 12.1 Å². The lowest BCUT2D eigenvalue weighted by Crippen LogP contribution is -2.43. The van der Waals surface area contributed by atoms with Crippen LogP contribution in [0.2, 0.25) is 0 Å². The fraction of sp³-hybridized carbons (Fsp3) is 0.600. The fourth-order valence-corrected chi connectivity index (χ4v) is 3.03. The first-order chi connectivity index (χ1) is 8.66. The van der Waals surface area contributed by atoms with Crippen molar-refractivity contribution in [2.45, 2.75) is 38.3 Å². The summed E-state index contributed by atoms with van der Waals surface area (Å²) >= 11 is 3.53. The molecule has 0 bridgehead atoms. The molecule has 2 atom stereocenters. The molecule has 1 unspecified atom stereocenters. The first-order valence-electron chi connectivity index (χ1n) is 6.86. The van der Waals surface area contributed by atoms with Crippen molar-refractivity contribution in [1.82, 2.24) is 10.2 Å². The standard InChI is InChI=1S/C15H23BrN2/c1-12(13-6-5-7-14(16)10-13)17-11-15-8-3-4-9-18(15)2/h5-7,10,12,15,17H,3-4,8-9,11H2,1-2H3/t12-,15?/m1/s1. The fourth-order valence-electron chi connectivity index (χ4n) is 2.61. The Hall–Kier alpha value is -0.380. The maximum absolute atomic E-state index is 3.66. The lowest BCUT2D eigenvalue weighted by molar-refractivity contribution is 0.178. The number of benzene rings is 1. The molecule has 100 valence electrons. The Balaban J connectivity index is 1.86. The molecule has 1 aliphatic rings.